The molecule has 37 heavy (non-hydrogen) atoms. The van der Waals surface area contributed by atoms with Crippen LogP contribution < -0.4 is 15.5 Å². The maximum atomic E-state index is 5.55. The summed E-state index contributed by atoms with van der Waals surface area (Å²) in [5.74, 6) is 0.534. The third kappa shape index (κ3) is 5.36. The van der Waals surface area contributed by atoms with Crippen molar-refractivity contribution in [3.8, 4) is 11.3 Å². The SMILES string of the molecule is C1=COCC(c2nn(Cc3cccnc3)cc2-c2ccnc(Nc3ccc(N4CCNCC4)cc3)n2)=C1. The van der Waals surface area contributed by atoms with Gasteiger partial charge in [-0.1, -0.05) is 12.1 Å². The van der Waals surface area contributed by atoms with Crippen molar-refractivity contribution >= 4 is 22.9 Å². The van der Waals surface area contributed by atoms with Gasteiger partial charge in [-0.2, -0.15) is 5.10 Å². The van der Waals surface area contributed by atoms with Crippen LogP contribution in [-0.2, 0) is 11.3 Å². The average Bonchev–Trinajstić information content (AvgIpc) is 3.39. The van der Waals surface area contributed by atoms with Crippen LogP contribution in [0.15, 0.2) is 85.7 Å². The van der Waals surface area contributed by atoms with Gasteiger partial charge in [-0.3, -0.25) is 9.67 Å². The van der Waals surface area contributed by atoms with Gasteiger partial charge < -0.3 is 20.3 Å². The number of hydrogen-bond acceptors (Lipinski definition) is 8. The molecular weight excluding hydrogens is 464 g/mol. The molecule has 0 unspecified atom stereocenters. The molecule has 2 aliphatic heterocycles. The molecule has 9 heteroatoms. The minimum atomic E-state index is 0.461. The minimum Gasteiger partial charge on any atom is -0.496 e. The fourth-order valence-electron chi connectivity index (χ4n) is 4.53. The molecule has 0 radical (unpaired) electrons. The fraction of sp³-hybridized carbons (Fsp3) is 0.214. The van der Waals surface area contributed by atoms with Crippen molar-refractivity contribution < 1.29 is 4.74 Å². The second-order valence-corrected chi connectivity index (χ2v) is 8.96. The van der Waals surface area contributed by atoms with Gasteiger partial charge in [0.2, 0.25) is 5.95 Å². The van der Waals surface area contributed by atoms with Crippen LogP contribution in [0.4, 0.5) is 17.3 Å². The van der Waals surface area contributed by atoms with E-state index in [4.69, 9.17) is 14.8 Å². The molecule has 3 aromatic heterocycles. The maximum Gasteiger partial charge on any atom is 0.227 e. The van der Waals surface area contributed by atoms with E-state index in [0.717, 1.165) is 60.0 Å². The maximum absolute atomic E-state index is 5.55. The highest BCUT2D eigenvalue weighted by Gasteiger charge is 2.18. The minimum absolute atomic E-state index is 0.461. The van der Waals surface area contributed by atoms with Gasteiger partial charge in [0.05, 0.1) is 18.5 Å². The Morgan fingerprint density at radius 3 is 2.70 bits per heavy atom. The lowest BCUT2D eigenvalue weighted by Crippen LogP contribution is -2.43. The first-order chi connectivity index (χ1) is 18.3. The highest BCUT2D eigenvalue weighted by Crippen LogP contribution is 2.29. The Balaban J connectivity index is 1.26. The number of rotatable bonds is 7. The number of allylic oxidation sites excluding steroid dienone is 2. The summed E-state index contributed by atoms with van der Waals surface area (Å²) in [5, 5.41) is 11.6. The van der Waals surface area contributed by atoms with Crippen LogP contribution >= 0.6 is 0 Å². The molecule has 2 N–H and O–H groups in total. The zero-order valence-corrected chi connectivity index (χ0v) is 20.4. The molecule has 186 valence electrons. The summed E-state index contributed by atoms with van der Waals surface area (Å²) in [7, 11) is 0. The van der Waals surface area contributed by atoms with E-state index in [0.29, 0.717) is 19.1 Å². The summed E-state index contributed by atoms with van der Waals surface area (Å²) in [4.78, 5) is 15.9. The van der Waals surface area contributed by atoms with E-state index in [1.54, 1.807) is 18.7 Å². The normalized spacial score (nSPS) is 15.2. The molecule has 4 aromatic rings. The Bertz CT molecular complexity index is 1410. The zero-order chi connectivity index (χ0) is 24.9. The van der Waals surface area contributed by atoms with Gasteiger partial charge in [-0.05, 0) is 48.0 Å². The van der Waals surface area contributed by atoms with Gasteiger partial charge in [-0.15, -0.1) is 0 Å². The third-order valence-electron chi connectivity index (χ3n) is 6.38. The molecule has 5 heterocycles. The predicted molar refractivity (Wildman–Crippen MR) is 144 cm³/mol. The van der Waals surface area contributed by atoms with Crippen LogP contribution in [0.25, 0.3) is 16.8 Å². The van der Waals surface area contributed by atoms with Gasteiger partial charge in [0.25, 0.3) is 0 Å². The standard InChI is InChI=1S/C28H28N8O/c1-3-21(17-30-10-1)18-36-19-25(27(34-36)22-4-2-16-37-20-22)26-9-11-31-28(33-26)32-23-5-7-24(8-6-23)35-14-12-29-13-15-35/h1-11,16-17,19,29H,12-15,18,20H2,(H,31,32,33). The first-order valence-corrected chi connectivity index (χ1v) is 12.4. The lowest BCUT2D eigenvalue weighted by Gasteiger charge is -2.29. The molecule has 0 amide bonds. The first-order valence-electron chi connectivity index (χ1n) is 12.4. The van der Waals surface area contributed by atoms with Gasteiger partial charge in [-0.25, -0.2) is 9.97 Å². The summed E-state index contributed by atoms with van der Waals surface area (Å²) >= 11 is 0. The van der Waals surface area contributed by atoms with Crippen LogP contribution in [-0.4, -0.2) is 57.5 Å². The molecule has 0 spiro atoms. The number of ether oxygens (including phenoxy) is 1. The number of aromatic nitrogens is 5. The summed E-state index contributed by atoms with van der Waals surface area (Å²) < 4.78 is 7.47. The molecule has 0 saturated carbocycles. The highest BCUT2D eigenvalue weighted by molar-refractivity contribution is 5.79. The largest absolute Gasteiger partial charge is 0.496 e. The van der Waals surface area contributed by atoms with E-state index in [1.165, 1.54) is 5.69 Å². The molecule has 1 saturated heterocycles. The van der Waals surface area contributed by atoms with Gasteiger partial charge in [0.15, 0.2) is 0 Å². The number of nitrogens with zero attached hydrogens (tertiary/aromatic N) is 6. The lowest BCUT2D eigenvalue weighted by molar-refractivity contribution is 0.292. The van der Waals surface area contributed by atoms with Crippen molar-refractivity contribution in [2.45, 2.75) is 6.54 Å². The van der Waals surface area contributed by atoms with Crippen molar-refractivity contribution in [1.82, 2.24) is 30.0 Å². The van der Waals surface area contributed by atoms with Crippen molar-refractivity contribution in [2.75, 3.05) is 43.0 Å². The monoisotopic (exact) mass is 492 g/mol. The Kier molecular flexibility index (Phi) is 6.59. The van der Waals surface area contributed by atoms with Crippen molar-refractivity contribution in [2.24, 2.45) is 0 Å². The van der Waals surface area contributed by atoms with Crippen LogP contribution in [0.2, 0.25) is 0 Å². The smallest absolute Gasteiger partial charge is 0.227 e. The summed E-state index contributed by atoms with van der Waals surface area (Å²) in [6.45, 7) is 5.14. The van der Waals surface area contributed by atoms with Crippen LogP contribution in [0.5, 0.6) is 0 Å². The van der Waals surface area contributed by atoms with E-state index >= 15 is 0 Å². The molecule has 6 rings (SSSR count). The second-order valence-electron chi connectivity index (χ2n) is 8.96. The number of piperazine rings is 1. The number of nitrogens with one attached hydrogen (secondary N) is 2. The average molecular weight is 493 g/mol. The summed E-state index contributed by atoms with van der Waals surface area (Å²) in [6, 6.07) is 14.3. The van der Waals surface area contributed by atoms with Crippen molar-refractivity contribution in [1.29, 1.82) is 0 Å². The summed E-state index contributed by atoms with van der Waals surface area (Å²) in [6.07, 6.45) is 13.0. The highest BCUT2D eigenvalue weighted by atomic mass is 16.5. The molecule has 9 nitrogen and oxygen atoms in total. The van der Waals surface area contributed by atoms with Crippen LogP contribution in [0.1, 0.15) is 11.3 Å². The molecule has 0 atom stereocenters. The zero-order valence-electron chi connectivity index (χ0n) is 20.4. The van der Waals surface area contributed by atoms with E-state index in [2.05, 4.69) is 49.8 Å². The third-order valence-corrected chi connectivity index (χ3v) is 6.38. The Morgan fingerprint density at radius 1 is 1.03 bits per heavy atom. The van der Waals surface area contributed by atoms with Crippen LogP contribution in [0.3, 0.4) is 0 Å². The van der Waals surface area contributed by atoms with Crippen molar-refractivity contribution in [3.63, 3.8) is 0 Å². The van der Waals surface area contributed by atoms with E-state index in [9.17, 15) is 0 Å². The van der Waals surface area contributed by atoms with E-state index < -0.39 is 0 Å². The van der Waals surface area contributed by atoms with E-state index in [1.807, 2.05) is 47.4 Å². The van der Waals surface area contributed by atoms with Gasteiger partial charge >= 0.3 is 0 Å². The van der Waals surface area contributed by atoms with Gasteiger partial charge in [0.1, 0.15) is 12.3 Å². The number of benzene rings is 1. The number of hydrogen-bond donors (Lipinski definition) is 2. The molecule has 2 aliphatic rings. The number of pyridine rings is 1. The fourth-order valence-corrected chi connectivity index (χ4v) is 4.53. The van der Waals surface area contributed by atoms with Crippen molar-refractivity contribution in [3.05, 3.63) is 96.9 Å². The Hall–Kier alpha value is -4.50. The molecule has 0 aliphatic carbocycles. The Labute approximate surface area is 215 Å². The lowest BCUT2D eigenvalue weighted by atomic mass is 10.1. The first kappa shape index (κ1) is 22.9. The number of anilines is 3. The molecule has 1 fully saturated rings. The quantitative estimate of drug-likeness (QED) is 0.402. The Morgan fingerprint density at radius 2 is 1.92 bits per heavy atom. The molecule has 0 bridgehead atoms. The van der Waals surface area contributed by atoms with Gasteiger partial charge in [0, 0.05) is 73.5 Å². The summed E-state index contributed by atoms with van der Waals surface area (Å²) in [5.41, 5.74) is 6.80. The predicted octanol–water partition coefficient (Wildman–Crippen LogP) is 3.86. The van der Waals surface area contributed by atoms with E-state index in [-0.39, 0.29) is 0 Å². The van der Waals surface area contributed by atoms with Crippen LogP contribution in [0, 0.1) is 0 Å². The molecule has 1 aromatic carbocycles. The topological polar surface area (TPSA) is 93.0 Å². The molecular formula is C28H28N8O. The second kappa shape index (κ2) is 10.6.